The molecule has 1 aliphatic rings. The number of carbonyl (C=O) groups excluding carboxylic acids is 2. The van der Waals surface area contributed by atoms with Crippen LogP contribution in [0.2, 0.25) is 5.02 Å². The zero-order valence-corrected chi connectivity index (χ0v) is 20.7. The van der Waals surface area contributed by atoms with Crippen LogP contribution in [0, 0.1) is 5.82 Å². The van der Waals surface area contributed by atoms with E-state index in [2.05, 4.69) is 20.1 Å². The van der Waals surface area contributed by atoms with Gasteiger partial charge in [0.2, 0.25) is 5.91 Å². The Bertz CT molecular complexity index is 1730. The number of nitrogens with one attached hydrogen (secondary N) is 2. The number of hydrogen-bond acceptors (Lipinski definition) is 5. The number of aromatic nitrogens is 4. The molecule has 0 radical (unpaired) electrons. The van der Waals surface area contributed by atoms with E-state index in [9.17, 15) is 22.8 Å². The van der Waals surface area contributed by atoms with Gasteiger partial charge < -0.3 is 15.2 Å². The molecule has 13 heteroatoms. The maximum atomic E-state index is 14.2. The van der Waals surface area contributed by atoms with Gasteiger partial charge in [-0.25, -0.2) is 9.07 Å². The third-order valence-corrected chi connectivity index (χ3v) is 7.40. The molecule has 8 nitrogen and oxygen atoms in total. The third kappa shape index (κ3) is 4.11. The summed E-state index contributed by atoms with van der Waals surface area (Å²) in [7, 11) is 0. The van der Waals surface area contributed by atoms with E-state index in [0.717, 1.165) is 10.9 Å². The summed E-state index contributed by atoms with van der Waals surface area (Å²) < 4.78 is 47.9. The van der Waals surface area contributed by atoms with Crippen molar-refractivity contribution < 1.29 is 22.8 Å². The molecule has 0 aliphatic carbocycles. The van der Waals surface area contributed by atoms with Crippen molar-refractivity contribution in [1.29, 1.82) is 0 Å². The maximum Gasteiger partial charge on any atom is 0.333 e. The smallest absolute Gasteiger partial charge is 0.333 e. The summed E-state index contributed by atoms with van der Waals surface area (Å²) in [4.78, 5) is 26.1. The first-order valence-corrected chi connectivity index (χ1v) is 12.4. The van der Waals surface area contributed by atoms with E-state index in [4.69, 9.17) is 11.6 Å². The van der Waals surface area contributed by atoms with Crippen molar-refractivity contribution in [1.82, 2.24) is 24.0 Å². The molecule has 0 spiro atoms. The van der Waals surface area contributed by atoms with E-state index >= 15 is 0 Å². The average Bonchev–Trinajstić information content (AvgIpc) is 3.62. The Morgan fingerprint density at radius 1 is 1.21 bits per heavy atom. The predicted octanol–water partition coefficient (Wildman–Crippen LogP) is 5.62. The second-order valence-electron chi connectivity index (χ2n) is 8.55. The first-order chi connectivity index (χ1) is 18.3. The van der Waals surface area contributed by atoms with Crippen LogP contribution in [0.3, 0.4) is 0 Å². The lowest BCUT2D eigenvalue weighted by atomic mass is 10.0. The second kappa shape index (κ2) is 9.30. The van der Waals surface area contributed by atoms with Crippen molar-refractivity contribution in [3.8, 4) is 11.3 Å². The monoisotopic (exact) mass is 556 g/mol. The lowest BCUT2D eigenvalue weighted by Gasteiger charge is -2.29. The van der Waals surface area contributed by atoms with E-state index in [1.54, 1.807) is 22.8 Å². The van der Waals surface area contributed by atoms with Crippen LogP contribution in [0.1, 0.15) is 34.3 Å². The van der Waals surface area contributed by atoms with E-state index in [1.165, 1.54) is 35.9 Å². The van der Waals surface area contributed by atoms with Crippen molar-refractivity contribution >= 4 is 50.7 Å². The largest absolute Gasteiger partial charge is 0.342 e. The predicted molar refractivity (Wildman–Crippen MR) is 136 cm³/mol. The van der Waals surface area contributed by atoms with Crippen LogP contribution >= 0.6 is 23.1 Å². The molecule has 0 bridgehead atoms. The molecular formula is C25H16ClF3N6O2S. The van der Waals surface area contributed by atoms with Crippen LogP contribution in [0.15, 0.2) is 60.9 Å². The molecule has 3 aromatic heterocycles. The Kier molecular flexibility index (Phi) is 5.92. The highest BCUT2D eigenvalue weighted by atomic mass is 35.5. The molecule has 1 unspecified atom stereocenters. The van der Waals surface area contributed by atoms with Crippen LogP contribution in [-0.4, -0.2) is 30.5 Å². The second-order valence-corrected chi connectivity index (χ2v) is 9.76. The topological polar surface area (TPSA) is 93.8 Å². The van der Waals surface area contributed by atoms with Gasteiger partial charge in [0, 0.05) is 27.7 Å². The molecule has 0 fully saturated rings. The zero-order valence-electron chi connectivity index (χ0n) is 19.2. The van der Waals surface area contributed by atoms with E-state index in [-0.39, 0.29) is 28.5 Å². The van der Waals surface area contributed by atoms with Crippen LogP contribution < -0.4 is 10.6 Å². The van der Waals surface area contributed by atoms with Gasteiger partial charge in [0.15, 0.2) is 0 Å². The number of halogens is 4. The molecule has 5 aromatic rings. The Balaban J connectivity index is 1.51. The molecule has 2 amide bonds. The Labute approximate surface area is 221 Å². The number of benzene rings is 2. The first-order valence-electron chi connectivity index (χ1n) is 11.3. The van der Waals surface area contributed by atoms with E-state index in [0.29, 0.717) is 27.0 Å². The van der Waals surface area contributed by atoms with Gasteiger partial charge in [0.1, 0.15) is 18.1 Å². The number of hydrogen-bond donors (Lipinski definition) is 2. The molecule has 2 N–H and O–H groups in total. The van der Waals surface area contributed by atoms with Gasteiger partial charge in [0.25, 0.3) is 5.91 Å². The minimum Gasteiger partial charge on any atom is -0.342 e. The molecule has 4 heterocycles. The van der Waals surface area contributed by atoms with Crippen LogP contribution in [0.25, 0.3) is 21.3 Å². The Morgan fingerprint density at radius 2 is 2.03 bits per heavy atom. The van der Waals surface area contributed by atoms with Crippen LogP contribution in [0.5, 0.6) is 0 Å². The fourth-order valence-corrected chi connectivity index (χ4v) is 5.57. The standard InChI is InChI=1S/C25H16ClF3N6O2S/c26-16-6-5-13(27)7-15(16)21-23-17(31-24(37)22-14-3-1-2-4-19(14)38-33-22)8-18(34(23)11-20(36)32-21)12-9-30-35(10-12)25(28)29/h1-10,21,25H,11H2,(H,31,37)(H,32,36). The number of alkyl halides is 2. The molecule has 38 heavy (non-hydrogen) atoms. The molecule has 1 atom stereocenters. The van der Waals surface area contributed by atoms with Crippen LogP contribution in [-0.2, 0) is 11.3 Å². The highest BCUT2D eigenvalue weighted by Crippen LogP contribution is 2.40. The molecule has 6 rings (SSSR count). The van der Waals surface area contributed by atoms with E-state index < -0.39 is 30.2 Å². The number of carbonyl (C=O) groups is 2. The molecule has 0 saturated carbocycles. The SMILES string of the molecule is O=C1Cn2c(-c3cnn(C(F)F)c3)cc(NC(=O)c3nsc4ccccc34)c2C(c2cc(F)ccc2Cl)N1. The number of anilines is 1. The summed E-state index contributed by atoms with van der Waals surface area (Å²) in [6.07, 6.45) is 2.38. The third-order valence-electron chi connectivity index (χ3n) is 6.23. The number of fused-ring (bicyclic) bond motifs is 2. The van der Waals surface area contributed by atoms with Crippen LogP contribution in [0.4, 0.5) is 18.9 Å². The molecule has 0 saturated heterocycles. The van der Waals surface area contributed by atoms with Gasteiger partial charge in [-0.1, -0.05) is 29.8 Å². The van der Waals surface area contributed by atoms with Crippen molar-refractivity contribution in [2.24, 2.45) is 0 Å². The average molecular weight is 557 g/mol. The molecule has 1 aliphatic heterocycles. The normalized spacial score (nSPS) is 15.1. The van der Waals surface area contributed by atoms with Gasteiger partial charge in [-0.3, -0.25) is 9.59 Å². The van der Waals surface area contributed by atoms with Crippen molar-refractivity contribution in [3.63, 3.8) is 0 Å². The number of amides is 2. The highest BCUT2D eigenvalue weighted by Gasteiger charge is 2.34. The summed E-state index contributed by atoms with van der Waals surface area (Å²) in [6, 6.07) is 11.6. The van der Waals surface area contributed by atoms with Gasteiger partial charge in [-0.2, -0.15) is 18.3 Å². The minimum atomic E-state index is -2.86. The summed E-state index contributed by atoms with van der Waals surface area (Å²) in [5.41, 5.74) is 1.80. The maximum absolute atomic E-state index is 14.2. The van der Waals surface area contributed by atoms with Gasteiger partial charge in [-0.05, 0) is 41.9 Å². The van der Waals surface area contributed by atoms with Crippen molar-refractivity contribution in [2.45, 2.75) is 19.1 Å². The number of rotatable bonds is 5. The van der Waals surface area contributed by atoms with Gasteiger partial charge in [0.05, 0.1) is 34.0 Å². The Hall–Kier alpha value is -4.16. The van der Waals surface area contributed by atoms with E-state index in [1.807, 2.05) is 12.1 Å². The summed E-state index contributed by atoms with van der Waals surface area (Å²) in [5.74, 6) is -1.49. The molecule has 192 valence electrons. The molecule has 2 aromatic carbocycles. The van der Waals surface area contributed by atoms with Gasteiger partial charge in [-0.15, -0.1) is 0 Å². The fourth-order valence-electron chi connectivity index (χ4n) is 4.57. The summed E-state index contributed by atoms with van der Waals surface area (Å²) in [6.45, 7) is -3.04. The highest BCUT2D eigenvalue weighted by molar-refractivity contribution is 7.13. The fraction of sp³-hybridized carbons (Fsp3) is 0.120. The number of nitrogens with zero attached hydrogens (tertiary/aromatic N) is 4. The van der Waals surface area contributed by atoms with Crippen molar-refractivity contribution in [2.75, 3.05) is 5.32 Å². The van der Waals surface area contributed by atoms with Gasteiger partial charge >= 0.3 is 6.55 Å². The molecular weight excluding hydrogens is 541 g/mol. The first kappa shape index (κ1) is 24.2. The Morgan fingerprint density at radius 3 is 2.82 bits per heavy atom. The lowest BCUT2D eigenvalue weighted by molar-refractivity contribution is -0.123. The quantitative estimate of drug-likeness (QED) is 0.294. The summed E-state index contributed by atoms with van der Waals surface area (Å²) >= 11 is 7.57. The lowest BCUT2D eigenvalue weighted by Crippen LogP contribution is -2.39. The minimum absolute atomic E-state index is 0.177. The van der Waals surface area contributed by atoms with Crippen molar-refractivity contribution in [3.05, 3.63) is 88.7 Å². The zero-order chi connectivity index (χ0) is 26.6. The summed E-state index contributed by atoms with van der Waals surface area (Å²) in [5, 5.41) is 10.2.